The van der Waals surface area contributed by atoms with Gasteiger partial charge in [0.05, 0.1) is 0 Å². The predicted octanol–water partition coefficient (Wildman–Crippen LogP) is -1.54. The quantitative estimate of drug-likeness (QED) is 0.363. The second kappa shape index (κ2) is 2.30. The minimum Gasteiger partial charge on any atom is -0.857 e. The first-order valence-corrected chi connectivity index (χ1v) is 2.51. The van der Waals surface area contributed by atoms with E-state index in [1.807, 2.05) is 0 Å². The summed E-state index contributed by atoms with van der Waals surface area (Å²) in [7, 11) is 0. The van der Waals surface area contributed by atoms with Gasteiger partial charge in [0.1, 0.15) is 5.69 Å². The molecule has 0 unspecified atom stereocenters. The van der Waals surface area contributed by atoms with Gasteiger partial charge in [0, 0.05) is 18.3 Å². The molecule has 0 aliphatic carbocycles. The maximum Gasteiger partial charge on any atom is 0.274 e. The fraction of sp³-hybridized carbons (Fsp3) is 0. The van der Waals surface area contributed by atoms with Crippen LogP contribution in [0.5, 0.6) is 0 Å². The van der Waals surface area contributed by atoms with E-state index in [0.717, 1.165) is 0 Å². The number of nitrogens with one attached hydrogen (secondary N) is 2. The molecule has 0 radical (unpaired) electrons. The van der Waals surface area contributed by atoms with E-state index in [1.54, 1.807) is 0 Å². The summed E-state index contributed by atoms with van der Waals surface area (Å²) < 4.78 is 0. The first kappa shape index (κ1) is 6.47. The molecule has 1 heterocycles. The van der Waals surface area contributed by atoms with Crippen molar-refractivity contribution in [2.75, 3.05) is 0 Å². The molecule has 0 aromatic carbocycles. The van der Waals surface area contributed by atoms with E-state index in [-0.39, 0.29) is 5.69 Å². The van der Waals surface area contributed by atoms with Crippen LogP contribution in [0, 0.1) is 5.41 Å². The van der Waals surface area contributed by atoms with Crippen LogP contribution in [-0.4, -0.2) is 15.9 Å². The topological polar surface area (TPSA) is 92.7 Å². The van der Waals surface area contributed by atoms with Gasteiger partial charge in [0.25, 0.3) is 5.56 Å². The Morgan fingerprint density at radius 1 is 1.80 bits per heavy atom. The third-order valence-corrected chi connectivity index (χ3v) is 0.923. The monoisotopic (exact) mass is 138 g/mol. The van der Waals surface area contributed by atoms with Crippen LogP contribution < -0.4 is 10.7 Å². The van der Waals surface area contributed by atoms with Crippen molar-refractivity contribution in [3.05, 3.63) is 28.4 Å². The lowest BCUT2D eigenvalue weighted by Gasteiger charge is -2.01. The van der Waals surface area contributed by atoms with Crippen molar-refractivity contribution < 1.29 is 5.11 Å². The summed E-state index contributed by atoms with van der Waals surface area (Å²) in [6.07, 6.45) is 2.55. The van der Waals surface area contributed by atoms with Gasteiger partial charge in [-0.05, 0) is 0 Å². The number of aromatic nitrogens is 2. The van der Waals surface area contributed by atoms with Gasteiger partial charge in [-0.3, -0.25) is 4.79 Å². The van der Waals surface area contributed by atoms with Gasteiger partial charge >= 0.3 is 0 Å². The summed E-state index contributed by atoms with van der Waals surface area (Å²) in [6, 6.07) is 0. The number of hydrogen-bond donors (Lipinski definition) is 2. The van der Waals surface area contributed by atoms with Crippen molar-refractivity contribution in [3.63, 3.8) is 0 Å². The van der Waals surface area contributed by atoms with Gasteiger partial charge in [-0.15, -0.1) is 0 Å². The van der Waals surface area contributed by atoms with Gasteiger partial charge < -0.3 is 15.5 Å². The maximum absolute atomic E-state index is 10.6. The van der Waals surface area contributed by atoms with E-state index in [4.69, 9.17) is 5.41 Å². The zero-order chi connectivity index (χ0) is 7.56. The highest BCUT2D eigenvalue weighted by molar-refractivity contribution is 5.84. The number of nitrogens with zero attached hydrogens (tertiary/aromatic N) is 1. The zero-order valence-electron chi connectivity index (χ0n) is 4.92. The Labute approximate surface area is 55.9 Å². The predicted molar refractivity (Wildman–Crippen MR) is 31.7 cm³/mol. The summed E-state index contributed by atoms with van der Waals surface area (Å²) in [6.45, 7) is 0. The standard InChI is InChI=1S/C5H5N3O2/c6-4(9)3-5(10)8-2-1-7-3/h1-2H,(H2,6,9)(H,8,10)/p-1. The van der Waals surface area contributed by atoms with Crippen LogP contribution in [0.4, 0.5) is 0 Å². The molecule has 0 atom stereocenters. The van der Waals surface area contributed by atoms with Crippen molar-refractivity contribution in [1.82, 2.24) is 9.97 Å². The minimum atomic E-state index is -1.07. The molecule has 0 aliphatic rings. The second-order valence-electron chi connectivity index (χ2n) is 1.60. The van der Waals surface area contributed by atoms with Gasteiger partial charge in [0.2, 0.25) is 0 Å². The van der Waals surface area contributed by atoms with E-state index < -0.39 is 11.5 Å². The van der Waals surface area contributed by atoms with Crippen LogP contribution >= 0.6 is 0 Å². The minimum absolute atomic E-state index is 0.373. The normalized spacial score (nSPS) is 9.20. The molecule has 10 heavy (non-hydrogen) atoms. The molecule has 52 valence electrons. The van der Waals surface area contributed by atoms with Gasteiger partial charge in [0.15, 0.2) is 0 Å². The highest BCUT2D eigenvalue weighted by atomic mass is 16.3. The summed E-state index contributed by atoms with van der Waals surface area (Å²) >= 11 is 0. The molecule has 1 aromatic rings. The molecule has 0 bridgehead atoms. The summed E-state index contributed by atoms with van der Waals surface area (Å²) in [5.74, 6) is -1.07. The lowest BCUT2D eigenvalue weighted by Crippen LogP contribution is -2.27. The summed E-state index contributed by atoms with van der Waals surface area (Å²) in [5, 5.41) is 16.8. The van der Waals surface area contributed by atoms with Gasteiger partial charge in [-0.25, -0.2) is 4.98 Å². The third kappa shape index (κ3) is 1.02. The van der Waals surface area contributed by atoms with E-state index in [1.165, 1.54) is 12.4 Å². The SMILES string of the molecule is N=C([O-])c1ncc[nH]c1=O. The Bertz CT molecular complexity index is 304. The van der Waals surface area contributed by atoms with Crippen molar-refractivity contribution >= 4 is 5.90 Å². The van der Waals surface area contributed by atoms with Crippen LogP contribution in [0.15, 0.2) is 17.2 Å². The molecule has 5 heteroatoms. The first-order chi connectivity index (χ1) is 4.72. The fourth-order valence-electron chi connectivity index (χ4n) is 0.513. The van der Waals surface area contributed by atoms with E-state index >= 15 is 0 Å². The molecule has 1 aromatic heterocycles. The van der Waals surface area contributed by atoms with E-state index in [2.05, 4.69) is 9.97 Å². The zero-order valence-corrected chi connectivity index (χ0v) is 4.92. The van der Waals surface area contributed by atoms with Crippen molar-refractivity contribution in [2.24, 2.45) is 0 Å². The van der Waals surface area contributed by atoms with Crippen LogP contribution in [-0.2, 0) is 0 Å². The van der Waals surface area contributed by atoms with E-state index in [9.17, 15) is 9.90 Å². The Morgan fingerprint density at radius 3 is 2.90 bits per heavy atom. The molecule has 0 fully saturated rings. The van der Waals surface area contributed by atoms with Crippen LogP contribution in [0.3, 0.4) is 0 Å². The smallest absolute Gasteiger partial charge is 0.274 e. The molecule has 0 amide bonds. The maximum atomic E-state index is 10.6. The average molecular weight is 138 g/mol. The highest BCUT2D eigenvalue weighted by Crippen LogP contribution is 1.76. The summed E-state index contributed by atoms with van der Waals surface area (Å²) in [4.78, 5) is 16.2. The molecular formula is C5H4N3O2-. The summed E-state index contributed by atoms with van der Waals surface area (Å²) in [5.41, 5.74) is -0.995. The Kier molecular flexibility index (Phi) is 1.49. The Balaban J connectivity index is 3.29. The van der Waals surface area contributed by atoms with Crippen molar-refractivity contribution in [1.29, 1.82) is 5.41 Å². The second-order valence-corrected chi connectivity index (χ2v) is 1.60. The van der Waals surface area contributed by atoms with E-state index in [0.29, 0.717) is 0 Å². The largest absolute Gasteiger partial charge is 0.857 e. The molecule has 2 N–H and O–H groups in total. The number of aromatic amines is 1. The number of rotatable bonds is 1. The Morgan fingerprint density at radius 2 is 2.50 bits per heavy atom. The molecular weight excluding hydrogens is 134 g/mol. The Hall–Kier alpha value is -1.65. The average Bonchev–Trinajstić information content (AvgIpc) is 1.88. The number of H-pyrrole nitrogens is 1. The van der Waals surface area contributed by atoms with Gasteiger partial charge in [-0.2, -0.15) is 0 Å². The molecule has 0 aliphatic heterocycles. The molecule has 0 saturated carbocycles. The highest BCUT2D eigenvalue weighted by Gasteiger charge is 1.95. The lowest BCUT2D eigenvalue weighted by atomic mass is 10.4. The first-order valence-electron chi connectivity index (χ1n) is 2.51. The third-order valence-electron chi connectivity index (χ3n) is 0.923. The molecule has 5 nitrogen and oxygen atoms in total. The number of hydrogen-bond acceptors (Lipinski definition) is 4. The molecule has 0 spiro atoms. The molecule has 0 saturated heterocycles. The fourth-order valence-corrected chi connectivity index (χ4v) is 0.513. The van der Waals surface area contributed by atoms with Crippen LogP contribution in [0.2, 0.25) is 0 Å². The van der Waals surface area contributed by atoms with Crippen LogP contribution in [0.1, 0.15) is 5.69 Å². The van der Waals surface area contributed by atoms with Crippen molar-refractivity contribution in [3.8, 4) is 0 Å². The lowest BCUT2D eigenvalue weighted by molar-refractivity contribution is -0.215. The van der Waals surface area contributed by atoms with Crippen molar-refractivity contribution in [2.45, 2.75) is 0 Å². The molecule has 1 rings (SSSR count). The van der Waals surface area contributed by atoms with Gasteiger partial charge in [-0.1, -0.05) is 0 Å². The van der Waals surface area contributed by atoms with Crippen LogP contribution in [0.25, 0.3) is 0 Å².